The second-order valence-electron chi connectivity index (χ2n) is 4.29. The van der Waals surface area contributed by atoms with E-state index in [0.717, 1.165) is 11.3 Å². The van der Waals surface area contributed by atoms with E-state index >= 15 is 0 Å². The molecule has 0 aliphatic carbocycles. The summed E-state index contributed by atoms with van der Waals surface area (Å²) in [5.74, 6) is 0.449. The molecule has 2 N–H and O–H groups in total. The number of thiophene rings is 1. The number of carbonyl (C=O) groups is 1. The molecule has 7 heteroatoms. The van der Waals surface area contributed by atoms with Crippen LogP contribution < -0.4 is 10.6 Å². The van der Waals surface area contributed by atoms with E-state index in [1.807, 2.05) is 23.8 Å². The number of rotatable bonds is 3. The average Bonchev–Trinajstić information content (AvgIpc) is 3.01. The third-order valence-electron chi connectivity index (χ3n) is 2.80. The second-order valence-corrected chi connectivity index (χ2v) is 5.07. The van der Waals surface area contributed by atoms with Crippen LogP contribution in [0.5, 0.6) is 0 Å². The molecule has 0 spiro atoms. The Morgan fingerprint density at radius 1 is 1.29 bits per heavy atom. The number of anilines is 1. The predicted octanol–water partition coefficient (Wildman–Crippen LogP) is 2.89. The molecule has 0 saturated carbocycles. The normalized spacial score (nSPS) is 10.5. The number of pyridine rings is 1. The van der Waals surface area contributed by atoms with Crippen LogP contribution in [-0.4, -0.2) is 27.5 Å². The summed E-state index contributed by atoms with van der Waals surface area (Å²) in [5, 5.41) is 9.31. The Morgan fingerprint density at radius 2 is 2.19 bits per heavy atom. The van der Waals surface area contributed by atoms with Crippen LogP contribution in [0.3, 0.4) is 0 Å². The zero-order valence-electron chi connectivity index (χ0n) is 11.3. The van der Waals surface area contributed by atoms with Gasteiger partial charge in [-0.3, -0.25) is 10.3 Å². The molecule has 3 heterocycles. The first-order valence-corrected chi connectivity index (χ1v) is 7.42. The number of nitrogens with zero attached hydrogens (tertiary/aromatic N) is 3. The minimum Gasteiger partial charge on any atom is -0.338 e. The fourth-order valence-corrected chi connectivity index (χ4v) is 2.49. The van der Waals surface area contributed by atoms with Gasteiger partial charge >= 0.3 is 6.03 Å². The van der Waals surface area contributed by atoms with Crippen molar-refractivity contribution in [3.8, 4) is 11.3 Å². The fourth-order valence-electron chi connectivity index (χ4n) is 1.84. The van der Waals surface area contributed by atoms with Crippen LogP contribution >= 0.6 is 11.3 Å². The van der Waals surface area contributed by atoms with Crippen molar-refractivity contribution in [3.05, 3.63) is 35.2 Å². The van der Waals surface area contributed by atoms with Crippen molar-refractivity contribution in [2.45, 2.75) is 6.92 Å². The topological polar surface area (TPSA) is 79.8 Å². The predicted molar refractivity (Wildman–Crippen MR) is 83.3 cm³/mol. The number of nitrogens with one attached hydrogen (secondary N) is 2. The van der Waals surface area contributed by atoms with Gasteiger partial charge in [-0.2, -0.15) is 11.3 Å². The smallest absolute Gasteiger partial charge is 0.320 e. The van der Waals surface area contributed by atoms with Crippen LogP contribution in [0.2, 0.25) is 0 Å². The summed E-state index contributed by atoms with van der Waals surface area (Å²) in [5.41, 5.74) is 2.98. The van der Waals surface area contributed by atoms with Gasteiger partial charge in [0.05, 0.1) is 11.9 Å². The van der Waals surface area contributed by atoms with Crippen molar-refractivity contribution in [1.29, 1.82) is 0 Å². The second kappa shape index (κ2) is 5.84. The lowest BCUT2D eigenvalue weighted by atomic mass is 10.2. The highest BCUT2D eigenvalue weighted by atomic mass is 32.1. The van der Waals surface area contributed by atoms with Gasteiger partial charge in [-0.25, -0.2) is 14.8 Å². The van der Waals surface area contributed by atoms with Gasteiger partial charge in [0, 0.05) is 17.5 Å². The molecule has 6 nitrogen and oxygen atoms in total. The van der Waals surface area contributed by atoms with Crippen molar-refractivity contribution in [3.63, 3.8) is 0 Å². The summed E-state index contributed by atoms with van der Waals surface area (Å²) in [4.78, 5) is 24.7. The Bertz CT molecular complexity index is 772. The zero-order valence-corrected chi connectivity index (χ0v) is 12.1. The molecule has 3 aromatic rings. The maximum absolute atomic E-state index is 11.5. The first-order chi connectivity index (χ1) is 10.3. The van der Waals surface area contributed by atoms with Gasteiger partial charge in [0.1, 0.15) is 11.3 Å². The molecule has 0 fully saturated rings. The van der Waals surface area contributed by atoms with Crippen molar-refractivity contribution >= 4 is 34.3 Å². The van der Waals surface area contributed by atoms with Gasteiger partial charge < -0.3 is 5.32 Å². The minimum absolute atomic E-state index is 0.286. The molecule has 0 aliphatic heterocycles. The van der Waals surface area contributed by atoms with E-state index in [-0.39, 0.29) is 6.03 Å². The number of urea groups is 1. The van der Waals surface area contributed by atoms with Gasteiger partial charge in [-0.1, -0.05) is 0 Å². The first kappa shape index (κ1) is 13.4. The Balaban J connectivity index is 1.94. The largest absolute Gasteiger partial charge is 0.338 e. The van der Waals surface area contributed by atoms with Crippen molar-refractivity contribution in [2.24, 2.45) is 0 Å². The Hall–Kier alpha value is -2.54. The quantitative estimate of drug-likeness (QED) is 0.779. The van der Waals surface area contributed by atoms with Crippen molar-refractivity contribution < 1.29 is 4.79 Å². The number of amides is 2. The highest BCUT2D eigenvalue weighted by Crippen LogP contribution is 2.21. The fraction of sp³-hybridized carbons (Fsp3) is 0.143. The summed E-state index contributed by atoms with van der Waals surface area (Å²) in [6, 6.07) is 5.19. The lowest BCUT2D eigenvalue weighted by Crippen LogP contribution is -2.28. The molecule has 0 bridgehead atoms. The van der Waals surface area contributed by atoms with Crippen LogP contribution in [0.1, 0.15) is 6.92 Å². The van der Waals surface area contributed by atoms with Crippen molar-refractivity contribution in [1.82, 2.24) is 20.3 Å². The Morgan fingerprint density at radius 3 is 2.95 bits per heavy atom. The minimum atomic E-state index is -0.286. The molecule has 0 radical (unpaired) electrons. The van der Waals surface area contributed by atoms with Gasteiger partial charge in [0.25, 0.3) is 0 Å². The van der Waals surface area contributed by atoms with Crippen LogP contribution in [0, 0.1) is 0 Å². The molecule has 0 saturated heterocycles. The standard InChI is InChI=1S/C14H13N5OS/c1-2-15-14(20)19-12-4-3-10-13(18-12)17-11(7-16-10)9-5-6-21-8-9/h3-8H,2H2,1H3,(H2,15,17,18,19,20). The summed E-state index contributed by atoms with van der Waals surface area (Å²) in [7, 11) is 0. The number of carbonyl (C=O) groups excluding carboxylic acids is 1. The maximum Gasteiger partial charge on any atom is 0.320 e. The molecule has 106 valence electrons. The molecule has 0 atom stereocenters. The molecule has 0 unspecified atom stereocenters. The molecule has 21 heavy (non-hydrogen) atoms. The summed E-state index contributed by atoms with van der Waals surface area (Å²) in [6.45, 7) is 2.41. The van der Waals surface area contributed by atoms with Gasteiger partial charge in [-0.05, 0) is 30.5 Å². The molecule has 3 aromatic heterocycles. The average molecular weight is 299 g/mol. The monoisotopic (exact) mass is 299 g/mol. The Kier molecular flexibility index (Phi) is 3.74. The number of aromatic nitrogens is 3. The third kappa shape index (κ3) is 2.97. The molecular formula is C14H13N5OS. The van der Waals surface area contributed by atoms with E-state index in [0.29, 0.717) is 23.5 Å². The molecule has 0 aromatic carbocycles. The van der Waals surface area contributed by atoms with E-state index in [4.69, 9.17) is 0 Å². The van der Waals surface area contributed by atoms with Gasteiger partial charge in [0.15, 0.2) is 5.65 Å². The number of hydrogen-bond donors (Lipinski definition) is 2. The third-order valence-corrected chi connectivity index (χ3v) is 3.49. The molecule has 2 amide bonds. The van der Waals surface area contributed by atoms with E-state index in [1.165, 1.54) is 0 Å². The van der Waals surface area contributed by atoms with Crippen LogP contribution in [-0.2, 0) is 0 Å². The maximum atomic E-state index is 11.5. The number of hydrogen-bond acceptors (Lipinski definition) is 5. The van der Waals surface area contributed by atoms with Crippen molar-refractivity contribution in [2.75, 3.05) is 11.9 Å². The van der Waals surface area contributed by atoms with Gasteiger partial charge in [0.2, 0.25) is 0 Å². The van der Waals surface area contributed by atoms with Crippen LogP contribution in [0.25, 0.3) is 22.4 Å². The van der Waals surface area contributed by atoms with Crippen LogP contribution in [0.4, 0.5) is 10.6 Å². The SMILES string of the molecule is CCNC(=O)Nc1ccc2ncc(-c3ccsc3)nc2n1. The lowest BCUT2D eigenvalue weighted by molar-refractivity contribution is 0.252. The first-order valence-electron chi connectivity index (χ1n) is 6.47. The van der Waals surface area contributed by atoms with E-state index in [1.54, 1.807) is 29.7 Å². The highest BCUT2D eigenvalue weighted by molar-refractivity contribution is 7.08. The summed E-state index contributed by atoms with van der Waals surface area (Å²) >= 11 is 1.60. The zero-order chi connectivity index (χ0) is 14.7. The highest BCUT2D eigenvalue weighted by Gasteiger charge is 2.07. The van der Waals surface area contributed by atoms with E-state index < -0.39 is 0 Å². The van der Waals surface area contributed by atoms with Gasteiger partial charge in [-0.15, -0.1) is 0 Å². The van der Waals surface area contributed by atoms with E-state index in [2.05, 4.69) is 25.6 Å². The van der Waals surface area contributed by atoms with E-state index in [9.17, 15) is 4.79 Å². The number of fused-ring (bicyclic) bond motifs is 1. The molecule has 3 rings (SSSR count). The summed E-state index contributed by atoms with van der Waals surface area (Å²) < 4.78 is 0. The molecule has 0 aliphatic rings. The Labute approximate surface area is 125 Å². The molecular weight excluding hydrogens is 286 g/mol. The lowest BCUT2D eigenvalue weighted by Gasteiger charge is -2.06. The summed E-state index contributed by atoms with van der Waals surface area (Å²) in [6.07, 6.45) is 1.73. The van der Waals surface area contributed by atoms with Crippen LogP contribution in [0.15, 0.2) is 35.2 Å².